The molecule has 1 nitrogen and oxygen atoms in total. The summed E-state index contributed by atoms with van der Waals surface area (Å²) in [6.45, 7) is 8.17. The number of aryl methyl sites for hydroxylation is 1. The summed E-state index contributed by atoms with van der Waals surface area (Å²) in [5.74, 6) is 0. The lowest BCUT2D eigenvalue weighted by Gasteiger charge is -2.09. The molecule has 1 heteroatoms. The van der Waals surface area contributed by atoms with Crippen molar-refractivity contribution in [2.24, 2.45) is 0 Å². The molecule has 106 valence electrons. The smallest absolute Gasteiger partial charge is 0.0279 e. The van der Waals surface area contributed by atoms with Gasteiger partial charge in [0.2, 0.25) is 0 Å². The summed E-state index contributed by atoms with van der Waals surface area (Å²) in [7, 11) is 0. The molecule has 0 spiro atoms. The van der Waals surface area contributed by atoms with Crippen LogP contribution in [0.2, 0.25) is 0 Å². The second kappa shape index (κ2) is 8.31. The van der Waals surface area contributed by atoms with Gasteiger partial charge >= 0.3 is 0 Å². The first-order valence-electron chi connectivity index (χ1n) is 7.22. The van der Waals surface area contributed by atoms with E-state index < -0.39 is 0 Å². The fraction of sp³-hybridized carbons (Fsp3) is 0.316. The Kier molecular flexibility index (Phi) is 6.72. The standard InChI is InChI=1S/C19H25N/c1-5-7-10-17(6-2)19-13-12-15(3)18(14-19)11-8-9-16(4)20/h5,7-10,12-14,20H,6,11H2,1-4H3/b7-5-,9-8-,17-10+,20-16?. The summed E-state index contributed by atoms with van der Waals surface area (Å²) in [6, 6.07) is 6.66. The van der Waals surface area contributed by atoms with Crippen LogP contribution in [0.3, 0.4) is 0 Å². The first-order chi connectivity index (χ1) is 9.58. The van der Waals surface area contributed by atoms with Crippen LogP contribution in [-0.2, 0) is 6.42 Å². The highest BCUT2D eigenvalue weighted by Gasteiger charge is 2.02. The Morgan fingerprint density at radius 1 is 1.30 bits per heavy atom. The van der Waals surface area contributed by atoms with Gasteiger partial charge in [0.1, 0.15) is 0 Å². The molecule has 0 heterocycles. The highest BCUT2D eigenvalue weighted by molar-refractivity contribution is 5.89. The van der Waals surface area contributed by atoms with Crippen LogP contribution in [0.15, 0.2) is 48.6 Å². The van der Waals surface area contributed by atoms with Crippen LogP contribution >= 0.6 is 0 Å². The van der Waals surface area contributed by atoms with Crippen LogP contribution in [0, 0.1) is 12.3 Å². The normalized spacial score (nSPS) is 12.5. The quantitative estimate of drug-likeness (QED) is 0.519. The zero-order valence-electron chi connectivity index (χ0n) is 13.0. The summed E-state index contributed by atoms with van der Waals surface area (Å²) in [6.07, 6.45) is 12.2. The van der Waals surface area contributed by atoms with Crippen molar-refractivity contribution in [3.8, 4) is 0 Å². The second-order valence-corrected chi connectivity index (χ2v) is 5.00. The van der Waals surface area contributed by atoms with Crippen molar-refractivity contribution in [3.63, 3.8) is 0 Å². The third-order valence-electron chi connectivity index (χ3n) is 3.30. The molecule has 0 radical (unpaired) electrons. The van der Waals surface area contributed by atoms with Gasteiger partial charge in [0.05, 0.1) is 0 Å². The Bertz CT molecular complexity index is 545. The molecule has 0 amide bonds. The molecule has 1 N–H and O–H groups in total. The number of rotatable bonds is 6. The van der Waals surface area contributed by atoms with Crippen LogP contribution < -0.4 is 0 Å². The van der Waals surface area contributed by atoms with Crippen molar-refractivity contribution < 1.29 is 0 Å². The van der Waals surface area contributed by atoms with Crippen LogP contribution in [0.5, 0.6) is 0 Å². The predicted octanol–water partition coefficient (Wildman–Crippen LogP) is 5.50. The molecule has 0 unspecified atom stereocenters. The molecule has 0 atom stereocenters. The van der Waals surface area contributed by atoms with Crippen LogP contribution in [0.1, 0.15) is 43.9 Å². The molecule has 0 aliphatic rings. The maximum Gasteiger partial charge on any atom is 0.0279 e. The third-order valence-corrected chi connectivity index (χ3v) is 3.30. The van der Waals surface area contributed by atoms with Crippen molar-refractivity contribution in [1.82, 2.24) is 0 Å². The van der Waals surface area contributed by atoms with Crippen molar-refractivity contribution >= 4 is 11.3 Å². The highest BCUT2D eigenvalue weighted by Crippen LogP contribution is 2.22. The van der Waals surface area contributed by atoms with Crippen molar-refractivity contribution in [2.75, 3.05) is 0 Å². The zero-order valence-corrected chi connectivity index (χ0v) is 13.0. The first-order valence-corrected chi connectivity index (χ1v) is 7.22. The number of nitrogens with one attached hydrogen (secondary N) is 1. The molecule has 1 rings (SSSR count). The molecule has 0 saturated heterocycles. The van der Waals surface area contributed by atoms with E-state index in [1.54, 1.807) is 6.92 Å². The first kappa shape index (κ1) is 16.2. The van der Waals surface area contributed by atoms with E-state index in [1.165, 1.54) is 22.3 Å². The van der Waals surface area contributed by atoms with E-state index in [0.29, 0.717) is 5.71 Å². The van der Waals surface area contributed by atoms with Gasteiger partial charge < -0.3 is 5.41 Å². The Labute approximate surface area is 123 Å². The Hall–Kier alpha value is -1.89. The van der Waals surface area contributed by atoms with Crippen LogP contribution in [0.4, 0.5) is 0 Å². The van der Waals surface area contributed by atoms with Gasteiger partial charge in [-0.2, -0.15) is 0 Å². The number of benzene rings is 1. The number of hydrogen-bond donors (Lipinski definition) is 1. The molecule has 20 heavy (non-hydrogen) atoms. The maximum atomic E-state index is 7.43. The predicted molar refractivity (Wildman–Crippen MR) is 90.5 cm³/mol. The van der Waals surface area contributed by atoms with E-state index in [-0.39, 0.29) is 0 Å². The van der Waals surface area contributed by atoms with Gasteiger partial charge in [-0.3, -0.25) is 0 Å². The number of hydrogen-bond acceptors (Lipinski definition) is 1. The Morgan fingerprint density at radius 3 is 2.65 bits per heavy atom. The van der Waals surface area contributed by atoms with Gasteiger partial charge in [-0.1, -0.05) is 49.4 Å². The lowest BCUT2D eigenvalue weighted by atomic mass is 9.96. The lowest BCUT2D eigenvalue weighted by molar-refractivity contribution is 1.19. The molecule has 0 bridgehead atoms. The van der Waals surface area contributed by atoms with E-state index in [4.69, 9.17) is 5.41 Å². The average molecular weight is 267 g/mol. The van der Waals surface area contributed by atoms with Gasteiger partial charge in [-0.15, -0.1) is 0 Å². The van der Waals surface area contributed by atoms with Crippen LogP contribution in [0.25, 0.3) is 5.57 Å². The van der Waals surface area contributed by atoms with E-state index in [1.807, 2.05) is 13.0 Å². The molecule has 0 aliphatic heterocycles. The Morgan fingerprint density at radius 2 is 2.05 bits per heavy atom. The monoisotopic (exact) mass is 267 g/mol. The molecule has 1 aromatic carbocycles. The van der Waals surface area contributed by atoms with Gasteiger partial charge in [0.15, 0.2) is 0 Å². The van der Waals surface area contributed by atoms with E-state index in [2.05, 4.69) is 56.4 Å². The second-order valence-electron chi connectivity index (χ2n) is 5.00. The largest absolute Gasteiger partial charge is 0.306 e. The molecule has 1 aromatic rings. The highest BCUT2D eigenvalue weighted by atomic mass is 14.4. The average Bonchev–Trinajstić information content (AvgIpc) is 2.42. The summed E-state index contributed by atoms with van der Waals surface area (Å²) in [5.41, 5.74) is 5.89. The molecular weight excluding hydrogens is 242 g/mol. The van der Waals surface area contributed by atoms with Crippen molar-refractivity contribution in [3.05, 3.63) is 65.3 Å². The van der Waals surface area contributed by atoms with E-state index in [9.17, 15) is 0 Å². The van der Waals surface area contributed by atoms with Crippen molar-refractivity contribution in [2.45, 2.75) is 40.5 Å². The fourth-order valence-electron chi connectivity index (χ4n) is 2.08. The topological polar surface area (TPSA) is 23.9 Å². The van der Waals surface area contributed by atoms with Gasteiger partial charge in [0.25, 0.3) is 0 Å². The van der Waals surface area contributed by atoms with Crippen molar-refractivity contribution in [1.29, 1.82) is 5.41 Å². The summed E-state index contributed by atoms with van der Waals surface area (Å²) >= 11 is 0. The lowest BCUT2D eigenvalue weighted by Crippen LogP contribution is -1.92. The van der Waals surface area contributed by atoms with Crippen LogP contribution in [-0.4, -0.2) is 5.71 Å². The SMILES string of the molecule is C/C=C\C=C(/CC)c1ccc(C)c(C/C=C\C(C)=N)c1. The number of allylic oxidation sites excluding steroid dienone is 6. The molecule has 0 saturated carbocycles. The molecule has 0 aliphatic carbocycles. The van der Waals surface area contributed by atoms with E-state index >= 15 is 0 Å². The van der Waals surface area contributed by atoms with Gasteiger partial charge in [-0.05, 0) is 62.0 Å². The van der Waals surface area contributed by atoms with Gasteiger partial charge in [0, 0.05) is 5.71 Å². The maximum absolute atomic E-state index is 7.43. The molecular formula is C19H25N. The Balaban J connectivity index is 3.03. The minimum absolute atomic E-state index is 0.598. The molecule has 0 fully saturated rings. The van der Waals surface area contributed by atoms with E-state index in [0.717, 1.165) is 12.8 Å². The third kappa shape index (κ3) is 5.00. The summed E-state index contributed by atoms with van der Waals surface area (Å²) in [5, 5.41) is 7.43. The fourth-order valence-corrected chi connectivity index (χ4v) is 2.08. The minimum atomic E-state index is 0.598. The summed E-state index contributed by atoms with van der Waals surface area (Å²) in [4.78, 5) is 0. The minimum Gasteiger partial charge on any atom is -0.306 e. The molecule has 0 aromatic heterocycles. The van der Waals surface area contributed by atoms with Gasteiger partial charge in [-0.25, -0.2) is 0 Å². The summed E-state index contributed by atoms with van der Waals surface area (Å²) < 4.78 is 0. The zero-order chi connectivity index (χ0) is 15.0.